The van der Waals surface area contributed by atoms with Gasteiger partial charge in [0, 0.05) is 44.4 Å². The van der Waals surface area contributed by atoms with Crippen LogP contribution in [0.25, 0.3) is 0 Å². The molecule has 0 radical (unpaired) electrons. The number of quaternary nitrogens is 1. The molecule has 2 N–H and O–H groups in total. The fraction of sp³-hybridized carbons (Fsp3) is 0.636. The predicted octanol–water partition coefficient (Wildman–Crippen LogP) is 2.01. The highest BCUT2D eigenvalue weighted by Crippen LogP contribution is 2.25. The van der Waals surface area contributed by atoms with Crippen LogP contribution in [-0.2, 0) is 16.1 Å². The van der Waals surface area contributed by atoms with Crippen LogP contribution in [0, 0.1) is 5.92 Å². The van der Waals surface area contributed by atoms with Crippen LogP contribution in [0.2, 0.25) is 0 Å². The van der Waals surface area contributed by atoms with Crippen LogP contribution in [0.4, 0.5) is 11.4 Å². The number of nitrogens with zero attached hydrogens (tertiary/aromatic N) is 2. The van der Waals surface area contributed by atoms with Gasteiger partial charge in [0.15, 0.2) is 0 Å². The minimum atomic E-state index is -0.00952. The van der Waals surface area contributed by atoms with Gasteiger partial charge < -0.3 is 20.0 Å². The summed E-state index contributed by atoms with van der Waals surface area (Å²) in [5.41, 5.74) is 2.89. The molecule has 0 fully saturated rings. The van der Waals surface area contributed by atoms with E-state index in [1.807, 2.05) is 44.1 Å². The molecule has 158 valence electrons. The molecule has 6 nitrogen and oxygen atoms in total. The molecule has 0 aliphatic carbocycles. The molecule has 0 atom stereocenters. The van der Waals surface area contributed by atoms with Crippen molar-refractivity contribution in [1.82, 2.24) is 4.90 Å². The minimum Gasteiger partial charge on any atom is -0.377 e. The summed E-state index contributed by atoms with van der Waals surface area (Å²) in [4.78, 5) is 30.3. The van der Waals surface area contributed by atoms with E-state index in [0.29, 0.717) is 13.0 Å². The van der Waals surface area contributed by atoms with Crippen LogP contribution in [-0.4, -0.2) is 58.0 Å². The summed E-state index contributed by atoms with van der Waals surface area (Å²) in [6.07, 6.45) is 2.15. The summed E-state index contributed by atoms with van der Waals surface area (Å²) in [6, 6.07) is 5.93. The average Bonchev–Trinajstić information content (AvgIpc) is 2.65. The molecule has 0 spiro atoms. The Kier molecular flexibility index (Phi) is 10.0. The van der Waals surface area contributed by atoms with Crippen molar-refractivity contribution >= 4 is 23.2 Å². The Balaban J connectivity index is 3.20. The van der Waals surface area contributed by atoms with Crippen molar-refractivity contribution in [3.05, 3.63) is 23.8 Å². The third-order valence-corrected chi connectivity index (χ3v) is 5.06. The second-order valence-electron chi connectivity index (χ2n) is 7.87. The van der Waals surface area contributed by atoms with E-state index in [1.165, 1.54) is 4.90 Å². The van der Waals surface area contributed by atoms with Gasteiger partial charge in [0.2, 0.25) is 11.8 Å². The van der Waals surface area contributed by atoms with Gasteiger partial charge in [0.25, 0.3) is 0 Å². The lowest BCUT2D eigenvalue weighted by atomic mass is 10.0. The number of hydrogen-bond donors (Lipinski definition) is 2. The van der Waals surface area contributed by atoms with Crippen LogP contribution in [0.1, 0.15) is 45.6 Å². The second-order valence-corrected chi connectivity index (χ2v) is 7.87. The molecule has 1 aromatic carbocycles. The molecule has 28 heavy (non-hydrogen) atoms. The molecule has 0 saturated heterocycles. The summed E-state index contributed by atoms with van der Waals surface area (Å²) in [6.45, 7) is 8.16. The molecule has 0 bridgehead atoms. The van der Waals surface area contributed by atoms with Crippen LogP contribution >= 0.6 is 0 Å². The standard InChI is InChI=1S/C22H38N4O2/c1-8-17(9-2)22(28)26(14-13-24(4)5)16-18-15-19(23-21(27)10-3)11-12-20(18)25(6)7/h11-12,15,17H,8-10,13-14,16H2,1-7H3,(H,23,27)/p+1. The number of benzene rings is 1. The maximum absolute atomic E-state index is 13.1. The summed E-state index contributed by atoms with van der Waals surface area (Å²) in [7, 11) is 8.21. The van der Waals surface area contributed by atoms with Gasteiger partial charge in [-0.25, -0.2) is 0 Å². The van der Waals surface area contributed by atoms with Crippen LogP contribution in [0.15, 0.2) is 18.2 Å². The van der Waals surface area contributed by atoms with Crippen molar-refractivity contribution in [2.45, 2.75) is 46.6 Å². The Morgan fingerprint density at radius 2 is 1.75 bits per heavy atom. The molecular formula is C22H39N4O2+. The topological polar surface area (TPSA) is 57.1 Å². The Morgan fingerprint density at radius 3 is 2.25 bits per heavy atom. The van der Waals surface area contributed by atoms with Crippen molar-refractivity contribution in [2.75, 3.05) is 51.5 Å². The summed E-state index contributed by atoms with van der Waals surface area (Å²) < 4.78 is 0. The first-order valence-electron chi connectivity index (χ1n) is 10.4. The van der Waals surface area contributed by atoms with Crippen molar-refractivity contribution in [3.8, 4) is 0 Å². The van der Waals surface area contributed by atoms with Crippen LogP contribution < -0.4 is 15.1 Å². The molecule has 1 rings (SSSR count). The monoisotopic (exact) mass is 391 g/mol. The zero-order valence-electron chi connectivity index (χ0n) is 18.8. The number of amides is 2. The average molecular weight is 392 g/mol. The second kappa shape index (κ2) is 11.7. The number of rotatable bonds is 11. The molecular weight excluding hydrogens is 352 g/mol. The molecule has 0 aliphatic heterocycles. The first-order valence-corrected chi connectivity index (χ1v) is 10.4. The molecule has 0 aliphatic rings. The van der Waals surface area contributed by atoms with E-state index in [2.05, 4.69) is 38.2 Å². The van der Waals surface area contributed by atoms with Gasteiger partial charge in [-0.2, -0.15) is 0 Å². The fourth-order valence-corrected chi connectivity index (χ4v) is 3.20. The van der Waals surface area contributed by atoms with Gasteiger partial charge in [0.05, 0.1) is 27.2 Å². The minimum absolute atomic E-state index is 0.00952. The van der Waals surface area contributed by atoms with Crippen LogP contribution in [0.5, 0.6) is 0 Å². The van der Waals surface area contributed by atoms with E-state index in [4.69, 9.17) is 0 Å². The Hall–Kier alpha value is -2.08. The van der Waals surface area contributed by atoms with Gasteiger partial charge in [-0.05, 0) is 36.6 Å². The first kappa shape index (κ1) is 24.0. The maximum Gasteiger partial charge on any atom is 0.226 e. The number of carbonyl (C=O) groups excluding carboxylic acids is 2. The van der Waals surface area contributed by atoms with E-state index < -0.39 is 0 Å². The summed E-state index contributed by atoms with van der Waals surface area (Å²) in [5.74, 6) is 0.270. The third kappa shape index (κ3) is 7.15. The molecule has 6 heteroatoms. The highest BCUT2D eigenvalue weighted by Gasteiger charge is 2.23. The molecule has 0 saturated carbocycles. The van der Waals surface area contributed by atoms with E-state index in [9.17, 15) is 9.59 Å². The van der Waals surface area contributed by atoms with Crippen molar-refractivity contribution < 1.29 is 14.5 Å². The molecule has 0 heterocycles. The number of carbonyl (C=O) groups is 2. The summed E-state index contributed by atoms with van der Waals surface area (Å²) >= 11 is 0. The number of hydrogen-bond acceptors (Lipinski definition) is 3. The number of anilines is 2. The maximum atomic E-state index is 13.1. The SMILES string of the molecule is CCC(=O)Nc1ccc(N(C)C)c(CN(CC[NH+](C)C)C(=O)C(CC)CC)c1. The van der Waals surface area contributed by atoms with Crippen molar-refractivity contribution in [2.24, 2.45) is 5.92 Å². The Bertz CT molecular complexity index is 639. The fourth-order valence-electron chi connectivity index (χ4n) is 3.20. The zero-order valence-corrected chi connectivity index (χ0v) is 18.8. The van der Waals surface area contributed by atoms with E-state index in [0.717, 1.165) is 42.9 Å². The molecule has 0 aromatic heterocycles. The van der Waals surface area contributed by atoms with Gasteiger partial charge in [-0.15, -0.1) is 0 Å². The van der Waals surface area contributed by atoms with E-state index >= 15 is 0 Å². The van der Waals surface area contributed by atoms with Gasteiger partial charge >= 0.3 is 0 Å². The lowest BCUT2D eigenvalue weighted by Gasteiger charge is -2.29. The number of nitrogens with one attached hydrogen (secondary N) is 2. The quantitative estimate of drug-likeness (QED) is 0.607. The largest absolute Gasteiger partial charge is 0.377 e. The first-order chi connectivity index (χ1) is 13.2. The number of likely N-dealkylation sites (N-methyl/N-ethyl adjacent to an activating group) is 1. The van der Waals surface area contributed by atoms with Crippen LogP contribution in [0.3, 0.4) is 0 Å². The summed E-state index contributed by atoms with van der Waals surface area (Å²) in [5, 5.41) is 2.93. The zero-order chi connectivity index (χ0) is 21.3. The van der Waals surface area contributed by atoms with Gasteiger partial charge in [0.1, 0.15) is 0 Å². The molecule has 2 amide bonds. The van der Waals surface area contributed by atoms with E-state index in [1.54, 1.807) is 0 Å². The van der Waals surface area contributed by atoms with Crippen molar-refractivity contribution in [3.63, 3.8) is 0 Å². The Labute approximate surface area is 170 Å². The molecule has 0 unspecified atom stereocenters. The van der Waals surface area contributed by atoms with Gasteiger partial charge in [-0.3, -0.25) is 9.59 Å². The third-order valence-electron chi connectivity index (χ3n) is 5.06. The molecule has 1 aromatic rings. The lowest BCUT2D eigenvalue weighted by Crippen LogP contribution is -3.06. The van der Waals surface area contributed by atoms with Crippen molar-refractivity contribution in [1.29, 1.82) is 0 Å². The normalized spacial score (nSPS) is 11.0. The highest BCUT2D eigenvalue weighted by molar-refractivity contribution is 5.91. The predicted molar refractivity (Wildman–Crippen MR) is 117 cm³/mol. The lowest BCUT2D eigenvalue weighted by molar-refractivity contribution is -0.857. The smallest absolute Gasteiger partial charge is 0.226 e. The van der Waals surface area contributed by atoms with Gasteiger partial charge in [-0.1, -0.05) is 20.8 Å². The highest BCUT2D eigenvalue weighted by atomic mass is 16.2. The Morgan fingerprint density at radius 1 is 1.11 bits per heavy atom. The van der Waals surface area contributed by atoms with E-state index in [-0.39, 0.29) is 17.7 Å².